The minimum Gasteiger partial charge on any atom is -0.482 e. The Kier molecular flexibility index (Phi) is 5.34. The number of pyridine rings is 1. The lowest BCUT2D eigenvalue weighted by Crippen LogP contribution is -2.57. The van der Waals surface area contributed by atoms with E-state index in [0.717, 1.165) is 11.4 Å². The first-order chi connectivity index (χ1) is 12.8. The number of hydrogen-bond donors (Lipinski definition) is 2. The second kappa shape index (κ2) is 7.54. The lowest BCUT2D eigenvalue weighted by Gasteiger charge is -2.41. The maximum atomic E-state index is 12.5. The minimum absolute atomic E-state index is 0.00656. The molecule has 0 aromatic carbocycles. The van der Waals surface area contributed by atoms with Crippen molar-refractivity contribution in [3.05, 3.63) is 23.5 Å². The quantitative estimate of drug-likeness (QED) is 0.792. The molecule has 0 bridgehead atoms. The molecule has 2 amide bonds. The number of aliphatic carboxylic acids is 1. The zero-order chi connectivity index (χ0) is 19.6. The molecular formula is C19H25N3O5. The van der Waals surface area contributed by atoms with Crippen molar-refractivity contribution in [2.45, 2.75) is 45.1 Å². The molecule has 1 unspecified atom stereocenters. The van der Waals surface area contributed by atoms with Gasteiger partial charge in [-0.25, -0.2) is 0 Å². The summed E-state index contributed by atoms with van der Waals surface area (Å²) in [5, 5.41) is 12.2. The fourth-order valence-corrected chi connectivity index (χ4v) is 3.96. The highest BCUT2D eigenvalue weighted by Crippen LogP contribution is 2.36. The first-order valence-electron chi connectivity index (χ1n) is 9.25. The van der Waals surface area contributed by atoms with Gasteiger partial charge in [0.2, 0.25) is 5.91 Å². The predicted molar refractivity (Wildman–Crippen MR) is 96.3 cm³/mol. The van der Waals surface area contributed by atoms with E-state index in [0.29, 0.717) is 38.1 Å². The van der Waals surface area contributed by atoms with Gasteiger partial charge in [0.15, 0.2) is 6.61 Å². The number of carbonyl (C=O) groups is 3. The predicted octanol–water partition coefficient (Wildman–Crippen LogP) is 0.913. The average molecular weight is 375 g/mol. The van der Waals surface area contributed by atoms with Gasteiger partial charge in [-0.2, -0.15) is 0 Å². The Morgan fingerprint density at radius 1 is 1.37 bits per heavy atom. The molecule has 0 saturated carbocycles. The number of rotatable bonds is 5. The van der Waals surface area contributed by atoms with Crippen molar-refractivity contribution < 1.29 is 24.2 Å². The van der Waals surface area contributed by atoms with E-state index >= 15 is 0 Å². The minimum atomic E-state index is -0.963. The molecule has 0 aliphatic carbocycles. The van der Waals surface area contributed by atoms with Gasteiger partial charge in [-0.15, -0.1) is 0 Å². The highest BCUT2D eigenvalue weighted by atomic mass is 16.5. The van der Waals surface area contributed by atoms with Crippen LogP contribution in [0.25, 0.3) is 0 Å². The molecule has 1 aromatic rings. The van der Waals surface area contributed by atoms with Gasteiger partial charge in [0.05, 0.1) is 17.2 Å². The highest BCUT2D eigenvalue weighted by Gasteiger charge is 2.51. The summed E-state index contributed by atoms with van der Waals surface area (Å²) in [6.07, 6.45) is 1.60. The Morgan fingerprint density at radius 2 is 2.07 bits per heavy atom. The van der Waals surface area contributed by atoms with Crippen molar-refractivity contribution in [1.82, 2.24) is 15.2 Å². The van der Waals surface area contributed by atoms with Crippen molar-refractivity contribution in [3.8, 4) is 5.75 Å². The van der Waals surface area contributed by atoms with E-state index in [4.69, 9.17) is 4.74 Å². The number of hydrogen-bond acceptors (Lipinski definition) is 5. The van der Waals surface area contributed by atoms with Gasteiger partial charge < -0.3 is 20.1 Å². The average Bonchev–Trinajstić information content (AvgIpc) is 2.96. The Balaban J connectivity index is 1.58. The molecule has 2 N–H and O–H groups in total. The largest absolute Gasteiger partial charge is 0.482 e. The van der Waals surface area contributed by atoms with Crippen LogP contribution in [0.1, 0.15) is 37.6 Å². The van der Waals surface area contributed by atoms with Gasteiger partial charge in [0, 0.05) is 25.2 Å². The molecule has 3 heterocycles. The van der Waals surface area contributed by atoms with Gasteiger partial charge in [-0.3, -0.25) is 19.4 Å². The second-order valence-electron chi connectivity index (χ2n) is 7.22. The van der Waals surface area contributed by atoms with Crippen LogP contribution in [0.4, 0.5) is 0 Å². The van der Waals surface area contributed by atoms with E-state index in [1.165, 1.54) is 0 Å². The fraction of sp³-hybridized carbons (Fsp3) is 0.579. The molecule has 1 aromatic heterocycles. The molecule has 1 spiro atoms. The molecule has 8 heteroatoms. The number of carbonyl (C=O) groups excluding carboxylic acids is 2. The van der Waals surface area contributed by atoms with Crippen molar-refractivity contribution in [2.24, 2.45) is 5.92 Å². The summed E-state index contributed by atoms with van der Waals surface area (Å²) >= 11 is 0. The maximum absolute atomic E-state index is 12.5. The topological polar surface area (TPSA) is 109 Å². The Hall–Kier alpha value is -2.64. The molecule has 2 aliphatic rings. The van der Waals surface area contributed by atoms with Gasteiger partial charge in [0.1, 0.15) is 5.75 Å². The van der Waals surface area contributed by atoms with Crippen LogP contribution in [-0.2, 0) is 20.8 Å². The first kappa shape index (κ1) is 19.1. The smallest absolute Gasteiger partial charge is 0.309 e. The summed E-state index contributed by atoms with van der Waals surface area (Å²) < 4.78 is 5.67. The van der Waals surface area contributed by atoms with E-state index in [9.17, 15) is 19.5 Å². The molecule has 2 aliphatic heterocycles. The SMILES string of the molecule is CCc1nc(C)ccc1OCC(=O)N1CCC2(CC1)NC(=O)CC2C(=O)O. The maximum Gasteiger partial charge on any atom is 0.309 e. The van der Waals surface area contributed by atoms with Crippen molar-refractivity contribution >= 4 is 17.8 Å². The third-order valence-electron chi connectivity index (χ3n) is 5.51. The van der Waals surface area contributed by atoms with E-state index in [1.54, 1.807) is 4.90 Å². The summed E-state index contributed by atoms with van der Waals surface area (Å²) in [6, 6.07) is 3.67. The summed E-state index contributed by atoms with van der Waals surface area (Å²) in [6.45, 7) is 4.61. The number of carboxylic acid groups (broad SMARTS) is 1. The number of nitrogens with zero attached hydrogens (tertiary/aromatic N) is 2. The van der Waals surface area contributed by atoms with Crippen LogP contribution in [0, 0.1) is 12.8 Å². The molecule has 8 nitrogen and oxygen atoms in total. The van der Waals surface area contributed by atoms with Crippen molar-refractivity contribution in [3.63, 3.8) is 0 Å². The standard InChI is InChI=1S/C19H25N3O5/c1-3-14-15(5-4-12(2)20-14)27-11-17(24)22-8-6-19(7-9-22)13(18(25)26)10-16(23)21-19/h4-5,13H,3,6-11H2,1-2H3,(H,21,23)(H,25,26). The number of piperidine rings is 1. The number of likely N-dealkylation sites (tertiary alicyclic amines) is 1. The Labute approximate surface area is 157 Å². The zero-order valence-electron chi connectivity index (χ0n) is 15.7. The third kappa shape index (κ3) is 3.89. The van der Waals surface area contributed by atoms with E-state index in [1.807, 2.05) is 26.0 Å². The Morgan fingerprint density at radius 3 is 2.70 bits per heavy atom. The number of carboxylic acids is 1. The summed E-state index contributed by atoms with van der Waals surface area (Å²) in [7, 11) is 0. The second-order valence-corrected chi connectivity index (χ2v) is 7.22. The molecule has 0 radical (unpaired) electrons. The summed E-state index contributed by atoms with van der Waals surface area (Å²) in [5.41, 5.74) is 0.980. The highest BCUT2D eigenvalue weighted by molar-refractivity contribution is 5.88. The lowest BCUT2D eigenvalue weighted by atomic mass is 9.78. The first-order valence-corrected chi connectivity index (χ1v) is 9.25. The molecule has 146 valence electrons. The normalized spacial score (nSPS) is 21.2. The third-order valence-corrected chi connectivity index (χ3v) is 5.51. The fourth-order valence-electron chi connectivity index (χ4n) is 3.96. The number of nitrogens with one attached hydrogen (secondary N) is 1. The van der Waals surface area contributed by atoms with Gasteiger partial charge in [-0.05, 0) is 38.3 Å². The number of amides is 2. The van der Waals surface area contributed by atoms with Crippen LogP contribution in [0.5, 0.6) is 5.75 Å². The van der Waals surface area contributed by atoms with Crippen molar-refractivity contribution in [2.75, 3.05) is 19.7 Å². The number of aromatic nitrogens is 1. The molecule has 2 fully saturated rings. The molecule has 1 atom stereocenters. The van der Waals surface area contributed by atoms with Crippen LogP contribution in [0.3, 0.4) is 0 Å². The monoisotopic (exact) mass is 375 g/mol. The van der Waals surface area contributed by atoms with Gasteiger partial charge in [0.25, 0.3) is 5.91 Å². The van der Waals surface area contributed by atoms with Gasteiger partial charge in [-0.1, -0.05) is 6.92 Å². The Bertz CT molecular complexity index is 756. The van der Waals surface area contributed by atoms with E-state index < -0.39 is 17.4 Å². The van der Waals surface area contributed by atoms with Crippen molar-refractivity contribution in [1.29, 1.82) is 0 Å². The van der Waals surface area contributed by atoms with E-state index in [-0.39, 0.29) is 24.8 Å². The van der Waals surface area contributed by atoms with Crippen LogP contribution < -0.4 is 10.1 Å². The van der Waals surface area contributed by atoms with Crippen LogP contribution in [0.2, 0.25) is 0 Å². The van der Waals surface area contributed by atoms with Gasteiger partial charge >= 0.3 is 5.97 Å². The van der Waals surface area contributed by atoms with Crippen LogP contribution in [-0.4, -0.2) is 58.0 Å². The zero-order valence-corrected chi connectivity index (χ0v) is 15.7. The van der Waals surface area contributed by atoms with Crippen LogP contribution in [0.15, 0.2) is 12.1 Å². The van der Waals surface area contributed by atoms with E-state index in [2.05, 4.69) is 10.3 Å². The summed E-state index contributed by atoms with van der Waals surface area (Å²) in [5.74, 6) is -1.47. The lowest BCUT2D eigenvalue weighted by molar-refractivity contribution is -0.145. The summed E-state index contributed by atoms with van der Waals surface area (Å²) in [4.78, 5) is 41.8. The number of ether oxygens (including phenoxy) is 1. The molecule has 3 rings (SSSR count). The molecule has 2 saturated heterocycles. The van der Waals surface area contributed by atoms with Crippen LogP contribution >= 0.6 is 0 Å². The molecular weight excluding hydrogens is 350 g/mol. The number of aryl methyl sites for hydroxylation is 2. The molecule has 27 heavy (non-hydrogen) atoms.